The monoisotopic (exact) mass is 787 g/mol. The highest BCUT2D eigenvalue weighted by Gasteiger charge is 2.31. The van der Waals surface area contributed by atoms with Crippen LogP contribution in [-0.4, -0.2) is 65.3 Å². The SMILES string of the molecule is Cc1ccc(NC(=O)CCC(=O)N[C@H](Cc2cccs2)C(=O)N[C@@H](Cc2ccc(-c3ccccc3)cc2)C(=O)N[C@@H](Cc2ccccc2)C(=O)NCC(=O)O)cc1. The molecule has 0 aliphatic rings. The number of amides is 5. The van der Waals surface area contributed by atoms with Gasteiger partial charge in [0.05, 0.1) is 0 Å². The van der Waals surface area contributed by atoms with Gasteiger partial charge < -0.3 is 31.7 Å². The van der Waals surface area contributed by atoms with Crippen LogP contribution in [-0.2, 0) is 48.0 Å². The Labute approximate surface area is 335 Å². The lowest BCUT2D eigenvalue weighted by molar-refractivity contribution is -0.138. The summed E-state index contributed by atoms with van der Waals surface area (Å²) in [5.74, 6) is -4.17. The first-order valence-corrected chi connectivity index (χ1v) is 19.4. The zero-order chi connectivity index (χ0) is 40.6. The van der Waals surface area contributed by atoms with E-state index in [2.05, 4.69) is 26.6 Å². The quantitative estimate of drug-likeness (QED) is 0.0694. The largest absolute Gasteiger partial charge is 0.480 e. The maximum Gasteiger partial charge on any atom is 0.322 e. The number of carbonyl (C=O) groups is 6. The van der Waals surface area contributed by atoms with Crippen molar-refractivity contribution in [1.29, 1.82) is 0 Å². The standard InChI is InChI=1S/C44H45N5O7S/c1-29-14-20-34(21-15-29)46-39(50)22-23-40(51)47-38(27-35-13-8-24-57-35)44(56)49-37(26-31-16-18-33(19-17-31)32-11-6-3-7-12-32)43(55)48-36(42(54)45-28-41(52)53)25-30-9-4-2-5-10-30/h2-21,24,36-38H,22-23,25-28H2,1H3,(H,45,54)(H,46,50)(H,47,51)(H,48,55)(H,49,56)(H,52,53)/t36-,37-,38+/m0/s1. The van der Waals surface area contributed by atoms with E-state index in [9.17, 15) is 33.9 Å². The molecule has 5 aromatic rings. The Bertz CT molecular complexity index is 2110. The van der Waals surface area contributed by atoms with Crippen molar-refractivity contribution < 1.29 is 33.9 Å². The van der Waals surface area contributed by atoms with Gasteiger partial charge in [-0.2, -0.15) is 0 Å². The van der Waals surface area contributed by atoms with Crippen LogP contribution in [0.5, 0.6) is 0 Å². The predicted molar refractivity (Wildman–Crippen MR) is 219 cm³/mol. The molecule has 0 fully saturated rings. The van der Waals surface area contributed by atoms with E-state index in [0.29, 0.717) is 11.3 Å². The second-order valence-electron chi connectivity index (χ2n) is 13.5. The number of aliphatic carboxylic acids is 1. The van der Waals surface area contributed by atoms with Crippen LogP contribution >= 0.6 is 11.3 Å². The minimum atomic E-state index is -1.25. The molecule has 0 aliphatic carbocycles. The van der Waals surface area contributed by atoms with Gasteiger partial charge in [-0.25, -0.2) is 0 Å². The lowest BCUT2D eigenvalue weighted by Crippen LogP contribution is -2.58. The van der Waals surface area contributed by atoms with Crippen molar-refractivity contribution in [2.24, 2.45) is 0 Å². The van der Waals surface area contributed by atoms with Crippen molar-refractivity contribution in [3.05, 3.63) is 148 Å². The van der Waals surface area contributed by atoms with Crippen molar-refractivity contribution in [2.75, 3.05) is 11.9 Å². The van der Waals surface area contributed by atoms with Crippen LogP contribution in [0.2, 0.25) is 0 Å². The second kappa shape index (κ2) is 20.9. The highest BCUT2D eigenvalue weighted by atomic mass is 32.1. The van der Waals surface area contributed by atoms with Gasteiger partial charge in [0.1, 0.15) is 24.7 Å². The van der Waals surface area contributed by atoms with Crippen LogP contribution in [0.15, 0.2) is 127 Å². The molecular weight excluding hydrogens is 743 g/mol. The molecule has 13 heteroatoms. The summed E-state index contributed by atoms with van der Waals surface area (Å²) in [6.45, 7) is 1.29. The van der Waals surface area contributed by atoms with Crippen LogP contribution in [0, 0.1) is 6.92 Å². The molecule has 0 saturated heterocycles. The fourth-order valence-electron chi connectivity index (χ4n) is 5.99. The number of carboxylic acids is 1. The van der Waals surface area contributed by atoms with Gasteiger partial charge in [0.2, 0.25) is 29.5 Å². The lowest BCUT2D eigenvalue weighted by atomic mass is 9.99. The third kappa shape index (κ3) is 13.6. The minimum absolute atomic E-state index is 0.0281. The van der Waals surface area contributed by atoms with Crippen LogP contribution < -0.4 is 26.6 Å². The summed E-state index contributed by atoms with van der Waals surface area (Å²) >= 11 is 1.40. The molecule has 294 valence electrons. The average Bonchev–Trinajstić information content (AvgIpc) is 3.73. The van der Waals surface area contributed by atoms with E-state index in [1.807, 2.05) is 97.2 Å². The number of carbonyl (C=O) groups excluding carboxylic acids is 5. The molecule has 1 heterocycles. The first kappa shape index (κ1) is 41.6. The molecule has 5 rings (SSSR count). The van der Waals surface area contributed by atoms with E-state index in [-0.39, 0.29) is 38.0 Å². The second-order valence-corrected chi connectivity index (χ2v) is 14.5. The summed E-state index contributed by atoms with van der Waals surface area (Å²) in [4.78, 5) is 79.5. The van der Waals surface area contributed by atoms with Gasteiger partial charge in [-0.05, 0) is 52.8 Å². The summed E-state index contributed by atoms with van der Waals surface area (Å²) in [5, 5.41) is 24.5. The van der Waals surface area contributed by atoms with Crippen molar-refractivity contribution >= 4 is 52.5 Å². The van der Waals surface area contributed by atoms with Gasteiger partial charge in [-0.1, -0.05) is 109 Å². The van der Waals surface area contributed by atoms with E-state index >= 15 is 0 Å². The maximum absolute atomic E-state index is 14.2. The van der Waals surface area contributed by atoms with Crippen molar-refractivity contribution in [3.8, 4) is 11.1 Å². The zero-order valence-corrected chi connectivity index (χ0v) is 32.2. The van der Waals surface area contributed by atoms with Crippen LogP contribution in [0.25, 0.3) is 11.1 Å². The molecule has 0 aliphatic heterocycles. The van der Waals surface area contributed by atoms with E-state index in [1.54, 1.807) is 36.4 Å². The molecule has 4 aromatic carbocycles. The molecular formula is C44H45N5O7S. The number of aryl methyl sites for hydroxylation is 1. The van der Waals surface area contributed by atoms with Crippen molar-refractivity contribution in [2.45, 2.75) is 57.2 Å². The Kier molecular flexibility index (Phi) is 15.2. The number of anilines is 1. The van der Waals surface area contributed by atoms with Gasteiger partial charge in [-0.3, -0.25) is 28.8 Å². The van der Waals surface area contributed by atoms with Crippen LogP contribution in [0.1, 0.15) is 34.4 Å². The topological polar surface area (TPSA) is 183 Å². The summed E-state index contributed by atoms with van der Waals surface area (Å²) < 4.78 is 0. The fourth-order valence-corrected chi connectivity index (χ4v) is 6.74. The Balaban J connectivity index is 1.35. The zero-order valence-electron chi connectivity index (χ0n) is 31.4. The molecule has 0 saturated carbocycles. The van der Waals surface area contributed by atoms with Gasteiger partial charge in [0.15, 0.2) is 0 Å². The van der Waals surface area contributed by atoms with Gasteiger partial charge >= 0.3 is 5.97 Å². The van der Waals surface area contributed by atoms with Crippen molar-refractivity contribution in [3.63, 3.8) is 0 Å². The summed E-state index contributed by atoms with van der Waals surface area (Å²) in [7, 11) is 0. The highest BCUT2D eigenvalue weighted by Crippen LogP contribution is 2.20. The molecule has 5 amide bonds. The molecule has 0 radical (unpaired) electrons. The third-order valence-corrected chi connectivity index (χ3v) is 9.91. The molecule has 6 N–H and O–H groups in total. The summed E-state index contributed by atoms with van der Waals surface area (Å²) in [5.41, 5.74) is 5.03. The first-order valence-electron chi connectivity index (χ1n) is 18.5. The Morgan fingerprint density at radius 3 is 1.70 bits per heavy atom. The molecule has 1 aromatic heterocycles. The number of nitrogens with one attached hydrogen (secondary N) is 5. The van der Waals surface area contributed by atoms with Gasteiger partial charge in [0.25, 0.3) is 0 Å². The number of hydrogen-bond acceptors (Lipinski definition) is 7. The molecule has 3 atom stereocenters. The predicted octanol–water partition coefficient (Wildman–Crippen LogP) is 4.83. The summed E-state index contributed by atoms with van der Waals surface area (Å²) in [6, 6.07) is 33.6. The van der Waals surface area contributed by atoms with Crippen molar-refractivity contribution in [1.82, 2.24) is 21.3 Å². The Morgan fingerprint density at radius 2 is 1.11 bits per heavy atom. The molecule has 0 bridgehead atoms. The molecule has 0 spiro atoms. The summed E-state index contributed by atoms with van der Waals surface area (Å²) in [6.07, 6.45) is -0.0987. The lowest BCUT2D eigenvalue weighted by Gasteiger charge is -2.25. The van der Waals surface area contributed by atoms with Gasteiger partial charge in [0, 0.05) is 42.7 Å². The number of hydrogen-bond donors (Lipinski definition) is 6. The number of thiophene rings is 1. The highest BCUT2D eigenvalue weighted by molar-refractivity contribution is 7.09. The fraction of sp³-hybridized carbons (Fsp3) is 0.227. The molecule has 0 unspecified atom stereocenters. The van der Waals surface area contributed by atoms with Gasteiger partial charge in [-0.15, -0.1) is 11.3 Å². The third-order valence-electron chi connectivity index (χ3n) is 9.01. The Hall–Kier alpha value is -6.60. The van der Waals surface area contributed by atoms with E-state index in [4.69, 9.17) is 0 Å². The number of carboxylic acid groups (broad SMARTS) is 1. The smallest absolute Gasteiger partial charge is 0.322 e. The van der Waals surface area contributed by atoms with Crippen LogP contribution in [0.3, 0.4) is 0 Å². The maximum atomic E-state index is 14.2. The number of rotatable bonds is 19. The first-order chi connectivity index (χ1) is 27.5. The normalized spacial score (nSPS) is 12.3. The number of benzene rings is 4. The minimum Gasteiger partial charge on any atom is -0.480 e. The molecule has 57 heavy (non-hydrogen) atoms. The van der Waals surface area contributed by atoms with E-state index < -0.39 is 54.3 Å². The average molecular weight is 788 g/mol. The van der Waals surface area contributed by atoms with E-state index in [0.717, 1.165) is 27.1 Å². The van der Waals surface area contributed by atoms with Crippen LogP contribution in [0.4, 0.5) is 5.69 Å². The Morgan fingerprint density at radius 1 is 0.561 bits per heavy atom. The van der Waals surface area contributed by atoms with E-state index in [1.165, 1.54) is 11.3 Å². The molecule has 12 nitrogen and oxygen atoms in total.